The molecule has 1 aliphatic rings. The molecular weight excluding hydrogens is 246 g/mol. The van der Waals surface area contributed by atoms with Gasteiger partial charge in [0.05, 0.1) is 6.10 Å². The second-order valence-electron chi connectivity index (χ2n) is 6.94. The maximum Gasteiger partial charge on any atom is 0.0593 e. The van der Waals surface area contributed by atoms with Crippen LogP contribution in [-0.2, 0) is 10.2 Å². The van der Waals surface area contributed by atoms with Gasteiger partial charge in [-0.15, -0.1) is 0 Å². The Kier molecular flexibility index (Phi) is 5.22. The van der Waals surface area contributed by atoms with Crippen LogP contribution in [-0.4, -0.2) is 19.8 Å². The molecule has 0 aliphatic carbocycles. The van der Waals surface area contributed by atoms with Crippen molar-refractivity contribution in [3.63, 3.8) is 0 Å². The number of rotatable bonds is 4. The van der Waals surface area contributed by atoms with E-state index >= 15 is 0 Å². The quantitative estimate of drug-likeness (QED) is 0.889. The van der Waals surface area contributed by atoms with Crippen molar-refractivity contribution in [3.05, 3.63) is 35.4 Å². The van der Waals surface area contributed by atoms with E-state index < -0.39 is 0 Å². The number of nitrogens with one attached hydrogen (secondary N) is 1. The molecule has 2 nitrogen and oxygen atoms in total. The average molecular weight is 275 g/mol. The van der Waals surface area contributed by atoms with Crippen LogP contribution in [0.2, 0.25) is 0 Å². The van der Waals surface area contributed by atoms with E-state index in [9.17, 15) is 0 Å². The van der Waals surface area contributed by atoms with E-state index in [4.69, 9.17) is 4.74 Å². The zero-order valence-electron chi connectivity index (χ0n) is 13.4. The number of ether oxygens (including phenoxy) is 1. The molecule has 2 rings (SSSR count). The van der Waals surface area contributed by atoms with Gasteiger partial charge in [-0.25, -0.2) is 0 Å². The van der Waals surface area contributed by atoms with E-state index in [2.05, 4.69) is 50.4 Å². The van der Waals surface area contributed by atoms with Crippen LogP contribution in [0.15, 0.2) is 24.3 Å². The van der Waals surface area contributed by atoms with Crippen LogP contribution < -0.4 is 5.32 Å². The van der Waals surface area contributed by atoms with Crippen LogP contribution in [0, 0.1) is 0 Å². The second kappa shape index (κ2) is 6.73. The topological polar surface area (TPSA) is 21.3 Å². The Balaban J connectivity index is 2.03. The van der Waals surface area contributed by atoms with Gasteiger partial charge in [-0.3, -0.25) is 0 Å². The third kappa shape index (κ3) is 4.07. The minimum atomic E-state index is 0.222. The van der Waals surface area contributed by atoms with Gasteiger partial charge in [-0.2, -0.15) is 0 Å². The molecule has 2 atom stereocenters. The molecule has 1 aromatic carbocycles. The Morgan fingerprint density at radius 3 is 2.40 bits per heavy atom. The summed E-state index contributed by atoms with van der Waals surface area (Å²) in [6, 6.07) is 9.46. The summed E-state index contributed by atoms with van der Waals surface area (Å²) in [6.07, 6.45) is 5.23. The fourth-order valence-corrected chi connectivity index (χ4v) is 2.89. The van der Waals surface area contributed by atoms with Crippen molar-refractivity contribution in [2.45, 2.75) is 64.0 Å². The van der Waals surface area contributed by atoms with Crippen LogP contribution in [0.25, 0.3) is 0 Å². The molecule has 0 radical (unpaired) electrons. The summed E-state index contributed by atoms with van der Waals surface area (Å²) in [5, 5.41) is 3.44. The molecular formula is C18H29NO. The molecule has 1 saturated heterocycles. The molecule has 0 amide bonds. The predicted molar refractivity (Wildman–Crippen MR) is 85.2 cm³/mol. The smallest absolute Gasteiger partial charge is 0.0593 e. The molecule has 2 unspecified atom stereocenters. The van der Waals surface area contributed by atoms with Gasteiger partial charge in [0.15, 0.2) is 0 Å². The highest BCUT2D eigenvalue weighted by molar-refractivity contribution is 5.29. The van der Waals surface area contributed by atoms with Gasteiger partial charge < -0.3 is 10.1 Å². The predicted octanol–water partition coefficient (Wildman–Crippen LogP) is 4.20. The lowest BCUT2D eigenvalue weighted by Crippen LogP contribution is -2.27. The normalized spacial score (nSPS) is 21.7. The minimum absolute atomic E-state index is 0.222. The van der Waals surface area contributed by atoms with Crippen LogP contribution in [0.1, 0.15) is 63.6 Å². The molecule has 1 N–H and O–H groups in total. The van der Waals surface area contributed by atoms with Crippen LogP contribution in [0.3, 0.4) is 0 Å². The van der Waals surface area contributed by atoms with E-state index in [1.165, 1.54) is 30.4 Å². The Morgan fingerprint density at radius 1 is 1.20 bits per heavy atom. The highest BCUT2D eigenvalue weighted by Crippen LogP contribution is 2.27. The Bertz CT molecular complexity index is 398. The molecule has 2 heteroatoms. The summed E-state index contributed by atoms with van der Waals surface area (Å²) >= 11 is 0. The summed E-state index contributed by atoms with van der Waals surface area (Å²) in [5.41, 5.74) is 2.99. The molecule has 20 heavy (non-hydrogen) atoms. The van der Waals surface area contributed by atoms with Gasteiger partial charge in [0, 0.05) is 12.6 Å². The van der Waals surface area contributed by atoms with Gasteiger partial charge >= 0.3 is 0 Å². The molecule has 0 bridgehead atoms. The van der Waals surface area contributed by atoms with Gasteiger partial charge in [-0.05, 0) is 49.3 Å². The Hall–Kier alpha value is -0.860. The lowest BCUT2D eigenvalue weighted by Gasteiger charge is -2.27. The maximum atomic E-state index is 5.87. The first-order valence-corrected chi connectivity index (χ1v) is 7.90. The molecule has 0 spiro atoms. The first-order valence-electron chi connectivity index (χ1n) is 7.90. The molecule has 1 aliphatic heterocycles. The van der Waals surface area contributed by atoms with Gasteiger partial charge in [0.1, 0.15) is 0 Å². The van der Waals surface area contributed by atoms with E-state index in [-0.39, 0.29) is 5.41 Å². The van der Waals surface area contributed by atoms with Crippen molar-refractivity contribution in [1.29, 1.82) is 0 Å². The number of hydrogen-bond donors (Lipinski definition) is 1. The Morgan fingerprint density at radius 2 is 1.90 bits per heavy atom. The minimum Gasteiger partial charge on any atom is -0.378 e. The standard InChI is InChI=1S/C18H29NO/c1-18(2,3)15-10-8-14(9-11-15)17(19-4)13-16-7-5-6-12-20-16/h8-11,16-17,19H,5-7,12-13H2,1-4H3. The van der Waals surface area contributed by atoms with Crippen LogP contribution in [0.5, 0.6) is 0 Å². The van der Waals surface area contributed by atoms with E-state index in [1.54, 1.807) is 0 Å². The largest absolute Gasteiger partial charge is 0.378 e. The molecule has 1 fully saturated rings. The highest BCUT2D eigenvalue weighted by Gasteiger charge is 2.20. The molecule has 1 aromatic rings. The van der Waals surface area contributed by atoms with Crippen molar-refractivity contribution in [2.75, 3.05) is 13.7 Å². The van der Waals surface area contributed by atoms with Crippen molar-refractivity contribution in [1.82, 2.24) is 5.32 Å². The van der Waals surface area contributed by atoms with Crippen molar-refractivity contribution in [2.24, 2.45) is 0 Å². The third-order valence-electron chi connectivity index (χ3n) is 4.30. The van der Waals surface area contributed by atoms with Gasteiger partial charge in [0.25, 0.3) is 0 Å². The monoisotopic (exact) mass is 275 g/mol. The summed E-state index contributed by atoms with van der Waals surface area (Å²) in [4.78, 5) is 0. The number of hydrogen-bond acceptors (Lipinski definition) is 2. The van der Waals surface area contributed by atoms with E-state index in [1.807, 2.05) is 7.05 Å². The van der Waals surface area contributed by atoms with Crippen molar-refractivity contribution in [3.8, 4) is 0 Å². The lowest BCUT2D eigenvalue weighted by atomic mass is 9.86. The summed E-state index contributed by atoms with van der Waals surface area (Å²) in [6.45, 7) is 7.71. The number of benzene rings is 1. The van der Waals surface area contributed by atoms with Crippen LogP contribution >= 0.6 is 0 Å². The molecule has 1 heterocycles. The first kappa shape index (κ1) is 15.5. The summed E-state index contributed by atoms with van der Waals surface area (Å²) < 4.78 is 5.87. The fourth-order valence-electron chi connectivity index (χ4n) is 2.89. The maximum absolute atomic E-state index is 5.87. The van der Waals surface area contributed by atoms with Gasteiger partial charge in [0.2, 0.25) is 0 Å². The van der Waals surface area contributed by atoms with E-state index in [0.29, 0.717) is 12.1 Å². The lowest BCUT2D eigenvalue weighted by molar-refractivity contribution is 0.00548. The molecule has 0 saturated carbocycles. The second-order valence-corrected chi connectivity index (χ2v) is 6.94. The fraction of sp³-hybridized carbons (Fsp3) is 0.667. The van der Waals surface area contributed by atoms with Crippen LogP contribution in [0.4, 0.5) is 0 Å². The highest BCUT2D eigenvalue weighted by atomic mass is 16.5. The summed E-state index contributed by atoms with van der Waals surface area (Å²) in [5.74, 6) is 0. The summed E-state index contributed by atoms with van der Waals surface area (Å²) in [7, 11) is 2.05. The zero-order valence-corrected chi connectivity index (χ0v) is 13.4. The SMILES string of the molecule is CNC(CC1CCCCO1)c1ccc(C(C)(C)C)cc1. The molecule has 0 aromatic heterocycles. The van der Waals surface area contributed by atoms with Crippen molar-refractivity contribution >= 4 is 0 Å². The van der Waals surface area contributed by atoms with Gasteiger partial charge in [-0.1, -0.05) is 45.0 Å². The third-order valence-corrected chi connectivity index (χ3v) is 4.30. The molecule has 112 valence electrons. The van der Waals surface area contributed by atoms with Crippen molar-refractivity contribution < 1.29 is 4.74 Å². The zero-order chi connectivity index (χ0) is 14.6. The average Bonchev–Trinajstić information content (AvgIpc) is 2.45. The first-order chi connectivity index (χ1) is 9.50. The van der Waals surface area contributed by atoms with E-state index in [0.717, 1.165) is 13.0 Å². The Labute approximate surface area is 123 Å².